The predicted octanol–water partition coefficient (Wildman–Crippen LogP) is 0.248. The van der Waals surface area contributed by atoms with Crippen LogP contribution in [0, 0.1) is 0 Å². The molecule has 2 rings (SSSR count). The second kappa shape index (κ2) is 3.76. The van der Waals surface area contributed by atoms with Crippen molar-refractivity contribution >= 4 is 23.0 Å². The Hall–Kier alpha value is -2.18. The average molecular weight is 221 g/mol. The Balaban J connectivity index is 2.29. The molecule has 0 amide bonds. The van der Waals surface area contributed by atoms with Crippen molar-refractivity contribution in [3.8, 4) is 0 Å². The minimum absolute atomic E-state index is 0.287. The van der Waals surface area contributed by atoms with Gasteiger partial charge in [-0.25, -0.2) is 9.97 Å². The summed E-state index contributed by atoms with van der Waals surface area (Å²) in [6, 6.07) is -0.728. The summed E-state index contributed by atoms with van der Waals surface area (Å²) in [6.45, 7) is 1.53. The Morgan fingerprint density at radius 2 is 2.31 bits per heavy atom. The molecule has 1 unspecified atom stereocenters. The first-order chi connectivity index (χ1) is 7.58. The van der Waals surface area contributed by atoms with Crippen LogP contribution in [0.4, 0.5) is 5.95 Å². The van der Waals surface area contributed by atoms with E-state index in [1.165, 1.54) is 6.92 Å². The van der Waals surface area contributed by atoms with E-state index in [4.69, 9.17) is 5.11 Å². The van der Waals surface area contributed by atoms with Crippen LogP contribution in [-0.4, -0.2) is 36.9 Å². The molecular weight excluding hydrogens is 210 g/mol. The van der Waals surface area contributed by atoms with Crippen LogP contribution < -0.4 is 5.32 Å². The maximum Gasteiger partial charge on any atom is 0.325 e. The number of aliphatic carboxylic acids is 1. The summed E-state index contributed by atoms with van der Waals surface area (Å²) >= 11 is 0. The lowest BCUT2D eigenvalue weighted by Crippen LogP contribution is -2.26. The number of aromatic nitrogens is 4. The molecule has 0 aromatic carbocycles. The molecule has 0 spiro atoms. The number of anilines is 1. The van der Waals surface area contributed by atoms with Gasteiger partial charge in [-0.1, -0.05) is 0 Å². The predicted molar refractivity (Wildman–Crippen MR) is 57.0 cm³/mol. The number of carbonyl (C=O) groups is 1. The van der Waals surface area contributed by atoms with Crippen LogP contribution in [0.1, 0.15) is 6.92 Å². The van der Waals surface area contributed by atoms with Crippen molar-refractivity contribution in [3.63, 3.8) is 0 Å². The quantitative estimate of drug-likeness (QED) is 0.771. The van der Waals surface area contributed by atoms with Gasteiger partial charge in [0, 0.05) is 7.05 Å². The molecule has 0 aliphatic carbocycles. The lowest BCUT2D eigenvalue weighted by Gasteiger charge is -2.08. The first-order valence-corrected chi connectivity index (χ1v) is 4.72. The SMILES string of the molecule is CC(Nc1ncc2c(cnn2C)n1)C(=O)O. The number of rotatable bonds is 3. The molecule has 0 fully saturated rings. The van der Waals surface area contributed by atoms with E-state index in [0.29, 0.717) is 5.52 Å². The van der Waals surface area contributed by atoms with Gasteiger partial charge in [0.25, 0.3) is 0 Å². The van der Waals surface area contributed by atoms with E-state index in [1.54, 1.807) is 24.1 Å². The fraction of sp³-hybridized carbons (Fsp3) is 0.333. The molecule has 7 nitrogen and oxygen atoms in total. The molecule has 2 N–H and O–H groups in total. The second-order valence-electron chi connectivity index (χ2n) is 3.44. The Morgan fingerprint density at radius 3 is 3.00 bits per heavy atom. The number of nitrogens with zero attached hydrogens (tertiary/aromatic N) is 4. The van der Waals surface area contributed by atoms with Crippen LogP contribution >= 0.6 is 0 Å². The molecule has 7 heteroatoms. The van der Waals surface area contributed by atoms with Crippen molar-refractivity contribution in [3.05, 3.63) is 12.4 Å². The van der Waals surface area contributed by atoms with E-state index in [-0.39, 0.29) is 5.95 Å². The van der Waals surface area contributed by atoms with Gasteiger partial charge in [0.2, 0.25) is 5.95 Å². The maximum atomic E-state index is 10.6. The van der Waals surface area contributed by atoms with Gasteiger partial charge in [0.05, 0.1) is 12.4 Å². The maximum absolute atomic E-state index is 10.6. The highest BCUT2D eigenvalue weighted by Gasteiger charge is 2.12. The molecule has 0 aliphatic heterocycles. The van der Waals surface area contributed by atoms with Crippen LogP contribution in [0.15, 0.2) is 12.4 Å². The van der Waals surface area contributed by atoms with Gasteiger partial charge in [0.1, 0.15) is 17.1 Å². The first kappa shape index (κ1) is 10.3. The number of carboxylic acid groups (broad SMARTS) is 1. The Morgan fingerprint density at radius 1 is 1.56 bits per heavy atom. The molecular formula is C9H11N5O2. The normalized spacial score (nSPS) is 12.6. The van der Waals surface area contributed by atoms with Gasteiger partial charge in [-0.15, -0.1) is 0 Å². The highest BCUT2D eigenvalue weighted by molar-refractivity contribution is 5.77. The third kappa shape index (κ3) is 1.79. The van der Waals surface area contributed by atoms with Crippen LogP contribution in [0.5, 0.6) is 0 Å². The fourth-order valence-electron chi connectivity index (χ4n) is 1.26. The van der Waals surface area contributed by atoms with Crippen molar-refractivity contribution in [1.82, 2.24) is 19.7 Å². The van der Waals surface area contributed by atoms with Crippen molar-refractivity contribution in [2.45, 2.75) is 13.0 Å². The molecule has 2 heterocycles. The standard InChI is InChI=1S/C9H11N5O2/c1-5(8(15)16)12-9-10-4-7-6(13-9)3-11-14(7)2/h3-5H,1-2H3,(H,15,16)(H,10,12,13). The van der Waals surface area contributed by atoms with Crippen LogP contribution in [-0.2, 0) is 11.8 Å². The molecule has 1 atom stereocenters. The smallest absolute Gasteiger partial charge is 0.325 e. The lowest BCUT2D eigenvalue weighted by molar-refractivity contribution is -0.137. The number of hydrogen-bond donors (Lipinski definition) is 2. The molecule has 0 aliphatic rings. The van der Waals surface area contributed by atoms with E-state index < -0.39 is 12.0 Å². The van der Waals surface area contributed by atoms with Crippen molar-refractivity contribution in [2.75, 3.05) is 5.32 Å². The molecule has 0 radical (unpaired) electrons. The second-order valence-corrected chi connectivity index (χ2v) is 3.44. The number of fused-ring (bicyclic) bond motifs is 1. The summed E-state index contributed by atoms with van der Waals surface area (Å²) in [6.07, 6.45) is 3.21. The average Bonchev–Trinajstić information content (AvgIpc) is 2.60. The topological polar surface area (TPSA) is 92.9 Å². The summed E-state index contributed by atoms with van der Waals surface area (Å²) < 4.78 is 1.65. The van der Waals surface area contributed by atoms with E-state index in [0.717, 1.165) is 5.52 Å². The Labute approximate surface area is 91.1 Å². The van der Waals surface area contributed by atoms with E-state index in [1.807, 2.05) is 0 Å². The highest BCUT2D eigenvalue weighted by Crippen LogP contribution is 2.11. The van der Waals surface area contributed by atoms with Crippen LogP contribution in [0.3, 0.4) is 0 Å². The van der Waals surface area contributed by atoms with Gasteiger partial charge in [-0.3, -0.25) is 9.48 Å². The van der Waals surface area contributed by atoms with Crippen molar-refractivity contribution < 1.29 is 9.90 Å². The summed E-state index contributed by atoms with van der Waals surface area (Å²) in [5.74, 6) is -0.662. The van der Waals surface area contributed by atoms with Gasteiger partial charge in [-0.2, -0.15) is 5.10 Å². The summed E-state index contributed by atoms with van der Waals surface area (Å²) in [7, 11) is 1.79. The van der Waals surface area contributed by atoms with E-state index in [9.17, 15) is 4.79 Å². The molecule has 16 heavy (non-hydrogen) atoms. The number of hydrogen-bond acceptors (Lipinski definition) is 5. The van der Waals surface area contributed by atoms with E-state index >= 15 is 0 Å². The molecule has 0 bridgehead atoms. The number of carboxylic acids is 1. The van der Waals surface area contributed by atoms with Gasteiger partial charge < -0.3 is 10.4 Å². The van der Waals surface area contributed by atoms with Gasteiger partial charge >= 0.3 is 5.97 Å². The zero-order valence-corrected chi connectivity index (χ0v) is 8.88. The minimum atomic E-state index is -0.949. The summed E-state index contributed by atoms with van der Waals surface area (Å²) in [4.78, 5) is 18.8. The highest BCUT2D eigenvalue weighted by atomic mass is 16.4. The molecule has 2 aromatic rings. The van der Waals surface area contributed by atoms with Gasteiger partial charge in [0.15, 0.2) is 0 Å². The van der Waals surface area contributed by atoms with Crippen molar-refractivity contribution in [1.29, 1.82) is 0 Å². The molecule has 84 valence electrons. The molecule has 2 aromatic heterocycles. The summed E-state index contributed by atoms with van der Waals surface area (Å²) in [5.41, 5.74) is 1.48. The Bertz CT molecular complexity index is 536. The third-order valence-electron chi connectivity index (χ3n) is 2.22. The van der Waals surface area contributed by atoms with Gasteiger partial charge in [-0.05, 0) is 6.92 Å². The number of aryl methyl sites for hydroxylation is 1. The fourth-order valence-corrected chi connectivity index (χ4v) is 1.26. The first-order valence-electron chi connectivity index (χ1n) is 4.72. The number of nitrogens with one attached hydrogen (secondary N) is 1. The minimum Gasteiger partial charge on any atom is -0.480 e. The monoisotopic (exact) mass is 221 g/mol. The largest absolute Gasteiger partial charge is 0.480 e. The van der Waals surface area contributed by atoms with Crippen molar-refractivity contribution in [2.24, 2.45) is 7.05 Å². The lowest BCUT2D eigenvalue weighted by atomic mass is 10.3. The Kier molecular flexibility index (Phi) is 2.43. The van der Waals surface area contributed by atoms with Crippen LogP contribution in [0.2, 0.25) is 0 Å². The molecule has 0 saturated carbocycles. The summed E-state index contributed by atoms with van der Waals surface area (Å²) in [5, 5.41) is 15.4. The van der Waals surface area contributed by atoms with E-state index in [2.05, 4.69) is 20.4 Å². The third-order valence-corrected chi connectivity index (χ3v) is 2.22. The zero-order valence-electron chi connectivity index (χ0n) is 8.88. The molecule has 0 saturated heterocycles. The van der Waals surface area contributed by atoms with Crippen LogP contribution in [0.25, 0.3) is 11.0 Å². The zero-order chi connectivity index (χ0) is 11.7.